The van der Waals surface area contributed by atoms with Gasteiger partial charge in [-0.25, -0.2) is 0 Å². The van der Waals surface area contributed by atoms with Crippen LogP contribution >= 0.6 is 0 Å². The van der Waals surface area contributed by atoms with E-state index < -0.39 is 0 Å². The summed E-state index contributed by atoms with van der Waals surface area (Å²) in [5, 5.41) is 5.80. The number of amides is 2. The molecule has 1 aliphatic heterocycles. The molecule has 1 saturated heterocycles. The Labute approximate surface area is 134 Å². The number of carbonyl (C=O) groups is 2. The molecule has 128 valence electrons. The van der Waals surface area contributed by atoms with E-state index >= 15 is 0 Å². The van der Waals surface area contributed by atoms with E-state index in [4.69, 9.17) is 4.74 Å². The van der Waals surface area contributed by atoms with Crippen LogP contribution in [0.4, 0.5) is 0 Å². The minimum absolute atomic E-state index is 0.0322. The van der Waals surface area contributed by atoms with Gasteiger partial charge in [-0.1, -0.05) is 32.6 Å². The fourth-order valence-electron chi connectivity index (χ4n) is 2.64. The summed E-state index contributed by atoms with van der Waals surface area (Å²) in [6, 6.07) is 0.194. The molecule has 0 aliphatic carbocycles. The van der Waals surface area contributed by atoms with Crippen LogP contribution < -0.4 is 10.6 Å². The van der Waals surface area contributed by atoms with Crippen molar-refractivity contribution in [1.82, 2.24) is 10.6 Å². The lowest BCUT2D eigenvalue weighted by Crippen LogP contribution is -2.35. The van der Waals surface area contributed by atoms with Gasteiger partial charge in [0.25, 0.3) is 0 Å². The predicted molar refractivity (Wildman–Crippen MR) is 87.6 cm³/mol. The van der Waals surface area contributed by atoms with Crippen LogP contribution in [0.2, 0.25) is 0 Å². The maximum atomic E-state index is 11.8. The number of hydrogen-bond acceptors (Lipinski definition) is 3. The van der Waals surface area contributed by atoms with Crippen LogP contribution in [0, 0.1) is 0 Å². The third-order valence-electron chi connectivity index (χ3n) is 4.03. The second-order valence-corrected chi connectivity index (χ2v) is 6.26. The molecule has 0 spiro atoms. The Morgan fingerprint density at radius 3 is 2.64 bits per heavy atom. The lowest BCUT2D eigenvalue weighted by molar-refractivity contribution is -0.127. The number of nitrogens with one attached hydrogen (secondary N) is 2. The molecule has 2 atom stereocenters. The Morgan fingerprint density at radius 2 is 1.95 bits per heavy atom. The molecule has 2 amide bonds. The summed E-state index contributed by atoms with van der Waals surface area (Å²) in [7, 11) is 0. The van der Waals surface area contributed by atoms with Crippen LogP contribution in [-0.4, -0.2) is 37.1 Å². The van der Waals surface area contributed by atoms with Crippen molar-refractivity contribution in [2.45, 2.75) is 83.8 Å². The summed E-state index contributed by atoms with van der Waals surface area (Å²) < 4.78 is 5.44. The average Bonchev–Trinajstić information content (AvgIpc) is 3.01. The molecule has 0 unspecified atom stereocenters. The third kappa shape index (κ3) is 9.03. The minimum atomic E-state index is -0.0683. The van der Waals surface area contributed by atoms with Crippen molar-refractivity contribution in [3.63, 3.8) is 0 Å². The van der Waals surface area contributed by atoms with Crippen molar-refractivity contribution < 1.29 is 14.3 Å². The van der Waals surface area contributed by atoms with Gasteiger partial charge >= 0.3 is 0 Å². The number of unbranched alkanes of at least 4 members (excludes halogenated alkanes) is 3. The summed E-state index contributed by atoms with van der Waals surface area (Å²) >= 11 is 0. The van der Waals surface area contributed by atoms with Crippen molar-refractivity contribution in [2.75, 3.05) is 13.2 Å². The predicted octanol–water partition coefficient (Wildman–Crippen LogP) is 2.54. The zero-order chi connectivity index (χ0) is 16.2. The van der Waals surface area contributed by atoms with E-state index in [1.165, 1.54) is 19.3 Å². The first-order valence-electron chi connectivity index (χ1n) is 8.79. The molecule has 0 saturated carbocycles. The molecular formula is C17H32N2O3. The van der Waals surface area contributed by atoms with Crippen molar-refractivity contribution in [2.24, 2.45) is 0 Å². The van der Waals surface area contributed by atoms with Crippen molar-refractivity contribution in [3.8, 4) is 0 Å². The van der Waals surface area contributed by atoms with Crippen LogP contribution in [0.5, 0.6) is 0 Å². The van der Waals surface area contributed by atoms with Gasteiger partial charge in [0, 0.05) is 32.0 Å². The Hall–Kier alpha value is -1.10. The molecular weight excluding hydrogens is 280 g/mol. The number of rotatable bonds is 11. The Balaban J connectivity index is 2.02. The Morgan fingerprint density at radius 1 is 1.18 bits per heavy atom. The molecule has 22 heavy (non-hydrogen) atoms. The summed E-state index contributed by atoms with van der Waals surface area (Å²) in [6.45, 7) is 5.57. The molecule has 1 aliphatic rings. The van der Waals surface area contributed by atoms with Gasteiger partial charge in [0.15, 0.2) is 0 Å². The molecule has 5 nitrogen and oxygen atoms in total. The maximum absolute atomic E-state index is 11.8. The molecule has 5 heteroatoms. The number of hydrogen-bond donors (Lipinski definition) is 2. The SMILES string of the molecule is CCCCCC[C@@H](C)NC(=O)CCC(=O)NC[C@H]1CCCO1. The van der Waals surface area contributed by atoms with Crippen molar-refractivity contribution in [3.05, 3.63) is 0 Å². The van der Waals surface area contributed by atoms with Gasteiger partial charge in [0.2, 0.25) is 11.8 Å². The Kier molecular flexibility index (Phi) is 9.87. The van der Waals surface area contributed by atoms with Crippen LogP contribution in [0.1, 0.15) is 71.6 Å². The molecule has 0 bridgehead atoms. The highest BCUT2D eigenvalue weighted by Gasteiger charge is 2.16. The van der Waals surface area contributed by atoms with Crippen LogP contribution in [0.15, 0.2) is 0 Å². The summed E-state index contributed by atoms with van der Waals surface area (Å²) in [5.74, 6) is -0.100. The fraction of sp³-hybridized carbons (Fsp3) is 0.882. The molecule has 1 rings (SSSR count). The molecule has 1 heterocycles. The first-order valence-corrected chi connectivity index (χ1v) is 8.79. The van der Waals surface area contributed by atoms with Gasteiger partial charge in [0.05, 0.1) is 6.10 Å². The smallest absolute Gasteiger partial charge is 0.220 e. The molecule has 0 aromatic heterocycles. The first kappa shape index (κ1) is 18.9. The third-order valence-corrected chi connectivity index (χ3v) is 4.03. The van der Waals surface area contributed by atoms with Gasteiger partial charge in [-0.15, -0.1) is 0 Å². The van der Waals surface area contributed by atoms with E-state index in [9.17, 15) is 9.59 Å². The topological polar surface area (TPSA) is 67.4 Å². The highest BCUT2D eigenvalue weighted by Crippen LogP contribution is 2.10. The largest absolute Gasteiger partial charge is 0.376 e. The monoisotopic (exact) mass is 312 g/mol. The normalized spacial score (nSPS) is 18.9. The first-order chi connectivity index (χ1) is 10.6. The number of carbonyl (C=O) groups excluding carboxylic acids is 2. The summed E-state index contributed by atoms with van der Waals surface area (Å²) in [5.41, 5.74) is 0. The summed E-state index contributed by atoms with van der Waals surface area (Å²) in [6.07, 6.45) is 8.61. The highest BCUT2D eigenvalue weighted by atomic mass is 16.5. The van der Waals surface area contributed by atoms with Gasteiger partial charge in [-0.2, -0.15) is 0 Å². The van der Waals surface area contributed by atoms with Crippen molar-refractivity contribution >= 4 is 11.8 Å². The van der Waals surface area contributed by atoms with Gasteiger partial charge < -0.3 is 15.4 Å². The standard InChI is InChI=1S/C17H32N2O3/c1-3-4-5-6-8-14(2)19-17(21)11-10-16(20)18-13-15-9-7-12-22-15/h14-15H,3-13H2,1-2H3,(H,18,20)(H,19,21)/t14-,15-/m1/s1. The number of ether oxygens (including phenoxy) is 1. The van der Waals surface area contributed by atoms with Crippen LogP contribution in [0.3, 0.4) is 0 Å². The lowest BCUT2D eigenvalue weighted by Gasteiger charge is -2.14. The quantitative estimate of drug-likeness (QED) is 0.576. The van der Waals surface area contributed by atoms with Gasteiger partial charge in [-0.3, -0.25) is 9.59 Å². The average molecular weight is 312 g/mol. The van der Waals surface area contributed by atoms with E-state index in [0.29, 0.717) is 6.54 Å². The maximum Gasteiger partial charge on any atom is 0.220 e. The molecule has 0 aromatic rings. The van der Waals surface area contributed by atoms with Crippen LogP contribution in [0.25, 0.3) is 0 Å². The minimum Gasteiger partial charge on any atom is -0.376 e. The van der Waals surface area contributed by atoms with E-state index in [1.807, 2.05) is 6.92 Å². The van der Waals surface area contributed by atoms with Crippen molar-refractivity contribution in [1.29, 1.82) is 0 Å². The molecule has 0 radical (unpaired) electrons. The molecule has 1 fully saturated rings. The van der Waals surface area contributed by atoms with E-state index in [1.54, 1.807) is 0 Å². The Bertz CT molecular complexity index is 328. The fourth-order valence-corrected chi connectivity index (χ4v) is 2.64. The van der Waals surface area contributed by atoms with Gasteiger partial charge in [-0.05, 0) is 26.2 Å². The molecule has 0 aromatic carbocycles. The van der Waals surface area contributed by atoms with Crippen LogP contribution in [-0.2, 0) is 14.3 Å². The van der Waals surface area contributed by atoms with Gasteiger partial charge in [0.1, 0.15) is 0 Å². The zero-order valence-corrected chi connectivity index (χ0v) is 14.2. The summed E-state index contributed by atoms with van der Waals surface area (Å²) in [4.78, 5) is 23.5. The zero-order valence-electron chi connectivity index (χ0n) is 14.2. The second-order valence-electron chi connectivity index (χ2n) is 6.26. The van der Waals surface area contributed by atoms with E-state index in [-0.39, 0.29) is 36.8 Å². The van der Waals surface area contributed by atoms with E-state index in [2.05, 4.69) is 17.6 Å². The lowest BCUT2D eigenvalue weighted by atomic mass is 10.1. The molecule has 2 N–H and O–H groups in total. The second kappa shape index (κ2) is 11.5. The highest BCUT2D eigenvalue weighted by molar-refractivity contribution is 5.83. The van der Waals surface area contributed by atoms with E-state index in [0.717, 1.165) is 32.3 Å².